The van der Waals surface area contributed by atoms with Crippen molar-refractivity contribution in [3.8, 4) is 0 Å². The van der Waals surface area contributed by atoms with Gasteiger partial charge in [-0.25, -0.2) is 4.79 Å². The highest BCUT2D eigenvalue weighted by Gasteiger charge is 2.06. The van der Waals surface area contributed by atoms with Crippen LogP contribution in [0.5, 0.6) is 0 Å². The summed E-state index contributed by atoms with van der Waals surface area (Å²) in [5.74, 6) is 0.673. The van der Waals surface area contributed by atoms with Gasteiger partial charge in [-0.05, 0) is 24.6 Å². The number of nitrogens with one attached hydrogen (secondary N) is 2. The molecule has 19 heavy (non-hydrogen) atoms. The van der Waals surface area contributed by atoms with Crippen LogP contribution >= 0.6 is 0 Å². The average Bonchev–Trinajstić information content (AvgIpc) is 2.86. The van der Waals surface area contributed by atoms with Crippen molar-refractivity contribution in [1.29, 1.82) is 0 Å². The van der Waals surface area contributed by atoms with E-state index in [0.717, 1.165) is 5.56 Å². The summed E-state index contributed by atoms with van der Waals surface area (Å²) in [6, 6.07) is 4.66. The molecule has 100 valence electrons. The SMILES string of the molecule is Cc1cc(=O)n(C)cc1NC(=O)NCc1ccco1. The number of urea groups is 1. The van der Waals surface area contributed by atoms with E-state index in [1.807, 2.05) is 0 Å². The van der Waals surface area contributed by atoms with Crippen molar-refractivity contribution in [3.63, 3.8) is 0 Å². The molecule has 0 saturated carbocycles. The van der Waals surface area contributed by atoms with E-state index in [1.165, 1.54) is 10.6 Å². The van der Waals surface area contributed by atoms with E-state index in [4.69, 9.17) is 4.42 Å². The Balaban J connectivity index is 1.99. The first kappa shape index (κ1) is 12.9. The maximum absolute atomic E-state index is 11.7. The van der Waals surface area contributed by atoms with Gasteiger partial charge in [-0.2, -0.15) is 0 Å². The Bertz CT molecular complexity index is 629. The van der Waals surface area contributed by atoms with E-state index >= 15 is 0 Å². The van der Waals surface area contributed by atoms with Crippen LogP contribution in [-0.4, -0.2) is 10.6 Å². The number of pyridine rings is 1. The molecule has 0 saturated heterocycles. The van der Waals surface area contributed by atoms with E-state index in [1.54, 1.807) is 38.6 Å². The first-order chi connectivity index (χ1) is 9.06. The number of amides is 2. The first-order valence-electron chi connectivity index (χ1n) is 5.81. The molecule has 0 fully saturated rings. The number of rotatable bonds is 3. The number of aryl methyl sites for hydroxylation is 2. The second-order valence-corrected chi connectivity index (χ2v) is 4.21. The molecule has 2 amide bonds. The van der Waals surface area contributed by atoms with Crippen molar-refractivity contribution in [2.24, 2.45) is 7.05 Å². The third kappa shape index (κ3) is 3.25. The maximum atomic E-state index is 11.7. The van der Waals surface area contributed by atoms with Crippen LogP contribution in [0.25, 0.3) is 0 Å². The van der Waals surface area contributed by atoms with Crippen LogP contribution in [0.15, 0.2) is 39.9 Å². The molecule has 0 spiro atoms. The molecule has 0 aliphatic heterocycles. The molecular formula is C13H15N3O3. The second kappa shape index (κ2) is 5.43. The van der Waals surface area contributed by atoms with Crippen molar-refractivity contribution >= 4 is 11.7 Å². The van der Waals surface area contributed by atoms with Crippen LogP contribution < -0.4 is 16.2 Å². The Morgan fingerprint density at radius 1 is 1.47 bits per heavy atom. The summed E-state index contributed by atoms with van der Waals surface area (Å²) >= 11 is 0. The van der Waals surface area contributed by atoms with Gasteiger partial charge in [-0.3, -0.25) is 4.79 Å². The zero-order chi connectivity index (χ0) is 13.8. The minimum Gasteiger partial charge on any atom is -0.467 e. The van der Waals surface area contributed by atoms with Gasteiger partial charge in [0.1, 0.15) is 5.76 Å². The lowest BCUT2D eigenvalue weighted by Crippen LogP contribution is -2.29. The number of carbonyl (C=O) groups excluding carboxylic acids is 1. The maximum Gasteiger partial charge on any atom is 0.319 e. The first-order valence-corrected chi connectivity index (χ1v) is 5.81. The zero-order valence-corrected chi connectivity index (χ0v) is 10.8. The van der Waals surface area contributed by atoms with Crippen molar-refractivity contribution in [3.05, 3.63) is 52.3 Å². The van der Waals surface area contributed by atoms with Gasteiger partial charge in [0.05, 0.1) is 18.5 Å². The van der Waals surface area contributed by atoms with Gasteiger partial charge < -0.3 is 19.6 Å². The molecule has 2 N–H and O–H groups in total. The number of aromatic nitrogens is 1. The van der Waals surface area contributed by atoms with Crippen LogP contribution in [0.2, 0.25) is 0 Å². The topological polar surface area (TPSA) is 76.3 Å². The third-order valence-electron chi connectivity index (χ3n) is 2.69. The number of carbonyl (C=O) groups is 1. The average molecular weight is 261 g/mol. The molecule has 6 heteroatoms. The van der Waals surface area contributed by atoms with Gasteiger partial charge in [0.2, 0.25) is 0 Å². The van der Waals surface area contributed by atoms with Crippen molar-refractivity contribution < 1.29 is 9.21 Å². The highest BCUT2D eigenvalue weighted by atomic mass is 16.3. The summed E-state index contributed by atoms with van der Waals surface area (Å²) in [7, 11) is 1.63. The number of hydrogen-bond donors (Lipinski definition) is 2. The molecule has 2 aromatic rings. The molecule has 0 atom stereocenters. The molecule has 0 aromatic carbocycles. The molecular weight excluding hydrogens is 246 g/mol. The fraction of sp³-hybridized carbons (Fsp3) is 0.231. The summed E-state index contributed by atoms with van der Waals surface area (Å²) in [4.78, 5) is 23.1. The Hall–Kier alpha value is -2.50. The monoisotopic (exact) mass is 261 g/mol. The molecule has 2 rings (SSSR count). The smallest absolute Gasteiger partial charge is 0.319 e. The van der Waals surface area contributed by atoms with E-state index in [2.05, 4.69) is 10.6 Å². The predicted molar refractivity (Wildman–Crippen MR) is 71.0 cm³/mol. The van der Waals surface area contributed by atoms with Gasteiger partial charge in [-0.15, -0.1) is 0 Å². The molecule has 0 unspecified atom stereocenters. The van der Waals surface area contributed by atoms with Crippen LogP contribution in [0.1, 0.15) is 11.3 Å². The second-order valence-electron chi connectivity index (χ2n) is 4.21. The molecule has 2 heterocycles. The molecule has 0 radical (unpaired) electrons. The summed E-state index contributed by atoms with van der Waals surface area (Å²) in [6.45, 7) is 2.08. The Morgan fingerprint density at radius 2 is 2.26 bits per heavy atom. The van der Waals surface area contributed by atoms with E-state index in [-0.39, 0.29) is 11.6 Å². The lowest BCUT2D eigenvalue weighted by molar-refractivity contribution is 0.251. The van der Waals surface area contributed by atoms with E-state index in [9.17, 15) is 9.59 Å². The minimum absolute atomic E-state index is 0.112. The van der Waals surface area contributed by atoms with Gasteiger partial charge in [0, 0.05) is 19.3 Å². The highest BCUT2D eigenvalue weighted by Crippen LogP contribution is 2.10. The third-order valence-corrected chi connectivity index (χ3v) is 2.69. The summed E-state index contributed by atoms with van der Waals surface area (Å²) in [5.41, 5.74) is 1.20. The molecule has 6 nitrogen and oxygen atoms in total. The molecule has 0 bridgehead atoms. The van der Waals surface area contributed by atoms with Gasteiger partial charge >= 0.3 is 6.03 Å². The summed E-state index contributed by atoms with van der Waals surface area (Å²) < 4.78 is 6.52. The van der Waals surface area contributed by atoms with E-state index in [0.29, 0.717) is 18.0 Å². The normalized spacial score (nSPS) is 10.2. The highest BCUT2D eigenvalue weighted by molar-refractivity contribution is 5.89. The minimum atomic E-state index is -0.349. The Labute approximate surface area is 110 Å². The van der Waals surface area contributed by atoms with Crippen LogP contribution in [0.3, 0.4) is 0 Å². The quantitative estimate of drug-likeness (QED) is 0.881. The fourth-order valence-corrected chi connectivity index (χ4v) is 1.60. The molecule has 0 aliphatic carbocycles. The van der Waals surface area contributed by atoms with Crippen molar-refractivity contribution in [1.82, 2.24) is 9.88 Å². The molecule has 2 aromatic heterocycles. The zero-order valence-electron chi connectivity index (χ0n) is 10.8. The summed E-state index contributed by atoms with van der Waals surface area (Å²) in [5, 5.41) is 5.35. The van der Waals surface area contributed by atoms with Gasteiger partial charge in [-0.1, -0.05) is 0 Å². The fourth-order valence-electron chi connectivity index (χ4n) is 1.60. The van der Waals surface area contributed by atoms with Crippen LogP contribution in [0, 0.1) is 6.92 Å². The number of nitrogens with zero attached hydrogens (tertiary/aromatic N) is 1. The van der Waals surface area contributed by atoms with Crippen LogP contribution in [-0.2, 0) is 13.6 Å². The number of furan rings is 1. The van der Waals surface area contributed by atoms with Crippen LogP contribution in [0.4, 0.5) is 10.5 Å². The van der Waals surface area contributed by atoms with Gasteiger partial charge in [0.15, 0.2) is 0 Å². The predicted octanol–water partition coefficient (Wildman–Crippen LogP) is 1.61. The molecule has 0 aliphatic rings. The standard InChI is InChI=1S/C13H15N3O3/c1-9-6-12(17)16(2)8-11(9)15-13(18)14-7-10-4-3-5-19-10/h3-6,8H,7H2,1-2H3,(H2,14,15,18). The van der Waals surface area contributed by atoms with Crippen molar-refractivity contribution in [2.45, 2.75) is 13.5 Å². The lowest BCUT2D eigenvalue weighted by Gasteiger charge is -2.10. The Kier molecular flexibility index (Phi) is 3.70. The largest absolute Gasteiger partial charge is 0.467 e. The van der Waals surface area contributed by atoms with E-state index < -0.39 is 0 Å². The number of anilines is 1. The lowest BCUT2D eigenvalue weighted by atomic mass is 10.2. The van der Waals surface area contributed by atoms with Gasteiger partial charge in [0.25, 0.3) is 5.56 Å². The van der Waals surface area contributed by atoms with Crippen molar-refractivity contribution in [2.75, 3.05) is 5.32 Å². The Morgan fingerprint density at radius 3 is 2.95 bits per heavy atom. The number of hydrogen-bond acceptors (Lipinski definition) is 3. The summed E-state index contributed by atoms with van der Waals surface area (Å²) in [6.07, 6.45) is 3.14.